The van der Waals surface area contributed by atoms with Gasteiger partial charge in [-0.1, -0.05) is 37.6 Å². The Kier molecular flexibility index (Phi) is 8.49. The van der Waals surface area contributed by atoms with E-state index in [1.165, 1.54) is 22.5 Å². The molecule has 0 radical (unpaired) electrons. The van der Waals surface area contributed by atoms with Gasteiger partial charge in [0.2, 0.25) is 10.0 Å². The van der Waals surface area contributed by atoms with Gasteiger partial charge in [0.25, 0.3) is 5.91 Å². The van der Waals surface area contributed by atoms with Gasteiger partial charge in [-0.25, -0.2) is 8.42 Å². The van der Waals surface area contributed by atoms with E-state index in [1.54, 1.807) is 13.8 Å². The zero-order valence-corrected chi connectivity index (χ0v) is 18.5. The molecule has 0 unspecified atom stereocenters. The zero-order valence-electron chi connectivity index (χ0n) is 16.9. The number of hydrogen-bond acceptors (Lipinski definition) is 4. The van der Waals surface area contributed by atoms with Crippen molar-refractivity contribution in [1.82, 2.24) is 9.62 Å². The number of benzene rings is 2. The van der Waals surface area contributed by atoms with Crippen LogP contribution in [0.15, 0.2) is 47.4 Å². The highest BCUT2D eigenvalue weighted by Crippen LogP contribution is 2.26. The van der Waals surface area contributed by atoms with Crippen molar-refractivity contribution >= 4 is 27.5 Å². The fourth-order valence-electron chi connectivity index (χ4n) is 2.82. The third kappa shape index (κ3) is 6.19. The molecular formula is C21H27ClN2O4S. The molecule has 8 heteroatoms. The van der Waals surface area contributed by atoms with Crippen molar-refractivity contribution < 1.29 is 17.9 Å². The summed E-state index contributed by atoms with van der Waals surface area (Å²) in [6.07, 6.45) is 0.623. The molecule has 2 aromatic carbocycles. The minimum absolute atomic E-state index is 0.0571. The number of amides is 1. The lowest BCUT2D eigenvalue weighted by molar-refractivity contribution is 0.0951. The van der Waals surface area contributed by atoms with Crippen molar-refractivity contribution in [3.05, 3.63) is 58.6 Å². The number of rotatable bonds is 10. The second-order valence-electron chi connectivity index (χ2n) is 6.51. The third-order valence-corrected chi connectivity index (χ3v) is 6.91. The van der Waals surface area contributed by atoms with Gasteiger partial charge < -0.3 is 10.1 Å². The first-order valence-corrected chi connectivity index (χ1v) is 11.4. The Morgan fingerprint density at radius 1 is 1.14 bits per heavy atom. The van der Waals surface area contributed by atoms with Crippen LogP contribution < -0.4 is 10.1 Å². The maximum absolute atomic E-state index is 12.7. The summed E-state index contributed by atoms with van der Waals surface area (Å²) < 4.78 is 32.4. The van der Waals surface area contributed by atoms with Gasteiger partial charge >= 0.3 is 0 Å². The normalized spacial score (nSPS) is 11.5. The highest BCUT2D eigenvalue weighted by Gasteiger charge is 2.25. The molecule has 0 aromatic heterocycles. The SMILES string of the molecule is CCN(CC)S(=O)(=O)c1cc(C(=O)NCCCOc2cccc(C)c2)ccc1Cl. The van der Waals surface area contributed by atoms with Gasteiger partial charge in [-0.3, -0.25) is 4.79 Å². The number of aryl methyl sites for hydroxylation is 1. The summed E-state index contributed by atoms with van der Waals surface area (Å²) in [7, 11) is -3.75. The Hall–Kier alpha value is -2.09. The fraction of sp³-hybridized carbons (Fsp3) is 0.381. The van der Waals surface area contributed by atoms with Crippen LogP contribution >= 0.6 is 11.6 Å². The zero-order chi connectivity index (χ0) is 21.4. The van der Waals surface area contributed by atoms with E-state index in [0.717, 1.165) is 11.3 Å². The van der Waals surface area contributed by atoms with Crippen molar-refractivity contribution in [3.63, 3.8) is 0 Å². The van der Waals surface area contributed by atoms with Gasteiger partial charge in [0.15, 0.2) is 0 Å². The van der Waals surface area contributed by atoms with Gasteiger partial charge in [-0.2, -0.15) is 4.31 Å². The molecule has 2 rings (SSSR count). The minimum atomic E-state index is -3.75. The van der Waals surface area contributed by atoms with Crippen LogP contribution in [0.1, 0.15) is 36.2 Å². The van der Waals surface area contributed by atoms with Crippen LogP contribution in [-0.4, -0.2) is 44.9 Å². The second kappa shape index (κ2) is 10.6. The fourth-order valence-corrected chi connectivity index (χ4v) is 4.77. The summed E-state index contributed by atoms with van der Waals surface area (Å²) in [5.41, 5.74) is 1.37. The van der Waals surface area contributed by atoms with Crippen molar-refractivity contribution in [2.24, 2.45) is 0 Å². The number of hydrogen-bond donors (Lipinski definition) is 1. The molecule has 2 aromatic rings. The number of sulfonamides is 1. The van der Waals surface area contributed by atoms with E-state index in [0.29, 0.717) is 32.7 Å². The largest absolute Gasteiger partial charge is 0.494 e. The number of carbonyl (C=O) groups excluding carboxylic acids is 1. The Balaban J connectivity index is 1.95. The molecule has 29 heavy (non-hydrogen) atoms. The molecule has 0 heterocycles. The van der Waals surface area contributed by atoms with Crippen LogP contribution in [0.25, 0.3) is 0 Å². The second-order valence-corrected chi connectivity index (χ2v) is 8.82. The maximum atomic E-state index is 12.7. The molecule has 0 spiro atoms. The average Bonchev–Trinajstić information content (AvgIpc) is 2.68. The number of carbonyl (C=O) groups is 1. The van der Waals surface area contributed by atoms with Crippen molar-refractivity contribution in [2.45, 2.75) is 32.1 Å². The van der Waals surface area contributed by atoms with Gasteiger partial charge in [0.1, 0.15) is 10.6 Å². The van der Waals surface area contributed by atoms with Gasteiger partial charge in [0, 0.05) is 25.2 Å². The molecule has 6 nitrogen and oxygen atoms in total. The number of nitrogens with zero attached hydrogens (tertiary/aromatic N) is 1. The Morgan fingerprint density at radius 2 is 1.86 bits per heavy atom. The first-order chi connectivity index (χ1) is 13.8. The third-order valence-electron chi connectivity index (χ3n) is 4.38. The minimum Gasteiger partial charge on any atom is -0.494 e. The lowest BCUT2D eigenvalue weighted by Crippen LogP contribution is -2.31. The molecule has 0 saturated carbocycles. The number of ether oxygens (including phenoxy) is 1. The summed E-state index contributed by atoms with van der Waals surface area (Å²) in [4.78, 5) is 12.4. The van der Waals surface area contributed by atoms with Crippen molar-refractivity contribution in [2.75, 3.05) is 26.2 Å². The summed E-state index contributed by atoms with van der Waals surface area (Å²) in [5, 5.41) is 2.88. The van der Waals surface area contributed by atoms with E-state index in [1.807, 2.05) is 31.2 Å². The summed E-state index contributed by atoms with van der Waals surface area (Å²) in [6.45, 7) is 7.03. The number of nitrogens with one attached hydrogen (secondary N) is 1. The lowest BCUT2D eigenvalue weighted by Gasteiger charge is -2.19. The summed E-state index contributed by atoms with van der Waals surface area (Å²) in [5.74, 6) is 0.438. The molecule has 0 aliphatic heterocycles. The molecule has 0 fully saturated rings. The Labute approximate surface area is 177 Å². The topological polar surface area (TPSA) is 75.7 Å². The lowest BCUT2D eigenvalue weighted by atomic mass is 10.2. The van der Waals surface area contributed by atoms with Crippen molar-refractivity contribution in [1.29, 1.82) is 0 Å². The number of halogens is 1. The first kappa shape index (κ1) is 23.2. The molecule has 0 saturated heterocycles. The van der Waals surface area contributed by atoms with E-state index < -0.39 is 10.0 Å². The first-order valence-electron chi connectivity index (χ1n) is 9.57. The van der Waals surface area contributed by atoms with Gasteiger partial charge in [0.05, 0.1) is 11.6 Å². The molecule has 1 amide bonds. The maximum Gasteiger partial charge on any atom is 0.251 e. The van der Waals surface area contributed by atoms with Gasteiger partial charge in [-0.05, 0) is 49.2 Å². The van der Waals surface area contributed by atoms with Crippen LogP contribution in [0.2, 0.25) is 5.02 Å². The average molecular weight is 439 g/mol. The van der Waals surface area contributed by atoms with Gasteiger partial charge in [-0.15, -0.1) is 0 Å². The Bertz CT molecular complexity index is 943. The molecule has 1 N–H and O–H groups in total. The van der Waals surface area contributed by atoms with E-state index in [4.69, 9.17) is 16.3 Å². The van der Waals surface area contributed by atoms with Crippen LogP contribution in [0, 0.1) is 6.92 Å². The summed E-state index contributed by atoms with van der Waals surface area (Å²) >= 11 is 6.10. The van der Waals surface area contributed by atoms with Crippen LogP contribution in [0.3, 0.4) is 0 Å². The van der Waals surface area contributed by atoms with E-state index in [-0.39, 0.29) is 21.4 Å². The van der Waals surface area contributed by atoms with E-state index in [9.17, 15) is 13.2 Å². The molecule has 158 valence electrons. The van der Waals surface area contributed by atoms with Crippen LogP contribution in [-0.2, 0) is 10.0 Å². The predicted octanol–water partition coefficient (Wildman–Crippen LogP) is 3.88. The monoisotopic (exact) mass is 438 g/mol. The Morgan fingerprint density at radius 3 is 2.52 bits per heavy atom. The van der Waals surface area contributed by atoms with Crippen molar-refractivity contribution in [3.8, 4) is 5.75 Å². The molecular weight excluding hydrogens is 412 g/mol. The highest BCUT2D eigenvalue weighted by atomic mass is 35.5. The molecule has 0 aliphatic carbocycles. The van der Waals surface area contributed by atoms with E-state index in [2.05, 4.69) is 5.32 Å². The predicted molar refractivity (Wildman–Crippen MR) is 115 cm³/mol. The molecule has 0 aliphatic rings. The van der Waals surface area contributed by atoms with Crippen LogP contribution in [0.4, 0.5) is 0 Å². The smallest absolute Gasteiger partial charge is 0.251 e. The van der Waals surface area contributed by atoms with Crippen LogP contribution in [0.5, 0.6) is 5.75 Å². The summed E-state index contributed by atoms with van der Waals surface area (Å²) in [6, 6.07) is 12.0. The standard InChI is InChI=1S/C21H27ClN2O4S/c1-4-24(5-2)29(26,27)20-15-17(10-11-19(20)22)21(25)23-12-7-13-28-18-9-6-8-16(3)14-18/h6,8-11,14-15H,4-5,7,12-13H2,1-3H3,(H,23,25). The van der Waals surface area contributed by atoms with E-state index >= 15 is 0 Å². The molecule has 0 bridgehead atoms. The quantitative estimate of drug-likeness (QED) is 0.571. The highest BCUT2D eigenvalue weighted by molar-refractivity contribution is 7.89. The molecule has 0 atom stereocenters.